The van der Waals surface area contributed by atoms with Gasteiger partial charge in [-0.25, -0.2) is 13.2 Å². The average Bonchev–Trinajstić information content (AvgIpc) is 2.43. The molecule has 0 spiro atoms. The Kier molecular flexibility index (Phi) is 6.24. The highest BCUT2D eigenvalue weighted by Gasteiger charge is 2.44. The molecule has 0 aromatic heterocycles. The van der Waals surface area contributed by atoms with E-state index in [0.29, 0.717) is 0 Å². The zero-order valence-corrected chi connectivity index (χ0v) is 14.6. The van der Waals surface area contributed by atoms with Crippen LogP contribution in [0.5, 0.6) is 0 Å². The van der Waals surface area contributed by atoms with Gasteiger partial charge in [-0.1, -0.05) is 11.6 Å². The van der Waals surface area contributed by atoms with Crippen molar-refractivity contribution < 1.29 is 36.4 Å². The molecule has 3 N–H and O–H groups in total. The summed E-state index contributed by atoms with van der Waals surface area (Å²) < 4.78 is 57.4. The van der Waals surface area contributed by atoms with Crippen molar-refractivity contribution in [1.82, 2.24) is 4.31 Å². The van der Waals surface area contributed by atoms with Crippen LogP contribution in [0, 0.1) is 10.1 Å². The number of rotatable bonds is 3. The predicted molar refractivity (Wildman–Crippen MR) is 83.1 cm³/mol. The van der Waals surface area contributed by atoms with E-state index in [1.54, 1.807) is 6.92 Å². The monoisotopic (exact) mass is 419 g/mol. The molecular weight excluding hydrogens is 407 g/mol. The van der Waals surface area contributed by atoms with Gasteiger partial charge in [0.25, 0.3) is 5.69 Å². The van der Waals surface area contributed by atoms with Crippen LogP contribution < -0.4 is 5.73 Å². The van der Waals surface area contributed by atoms with Gasteiger partial charge in [0.05, 0.1) is 4.92 Å². The Morgan fingerprint density at radius 2 is 1.88 bits per heavy atom. The molecule has 0 amide bonds. The van der Waals surface area contributed by atoms with Crippen molar-refractivity contribution in [3.05, 3.63) is 33.3 Å². The molecule has 1 fully saturated rings. The summed E-state index contributed by atoms with van der Waals surface area (Å²) in [4.78, 5) is 18.7. The normalized spacial score (nSPS) is 16.8. The molecule has 0 radical (unpaired) electrons. The number of halogens is 4. The van der Waals surface area contributed by atoms with E-state index in [1.807, 2.05) is 0 Å². The fraction of sp³-hybridized carbons (Fsp3) is 0.417. The number of alkyl halides is 3. The van der Waals surface area contributed by atoms with Gasteiger partial charge in [-0.3, -0.25) is 10.1 Å². The third-order valence-corrected chi connectivity index (χ3v) is 5.13. The van der Waals surface area contributed by atoms with E-state index in [9.17, 15) is 31.7 Å². The Bertz CT molecular complexity index is 820. The van der Waals surface area contributed by atoms with E-state index in [4.69, 9.17) is 27.2 Å². The molecular formula is C12H13ClF3N3O6S. The van der Waals surface area contributed by atoms with E-state index in [2.05, 4.69) is 0 Å². The lowest BCUT2D eigenvalue weighted by Crippen LogP contribution is -2.66. The Morgan fingerprint density at radius 1 is 1.42 bits per heavy atom. The number of benzene rings is 1. The van der Waals surface area contributed by atoms with Gasteiger partial charge in [-0.15, -0.1) is 0 Å². The number of sulfonamides is 1. The molecule has 9 nitrogen and oxygen atoms in total. The summed E-state index contributed by atoms with van der Waals surface area (Å²) in [6.07, 6.45) is -5.08. The zero-order valence-electron chi connectivity index (χ0n) is 13.0. The first kappa shape index (κ1) is 22.1. The van der Waals surface area contributed by atoms with Crippen LogP contribution in [-0.4, -0.2) is 53.5 Å². The summed E-state index contributed by atoms with van der Waals surface area (Å²) in [5, 5.41) is 18.2. The Morgan fingerprint density at radius 3 is 2.23 bits per heavy atom. The van der Waals surface area contributed by atoms with Crippen molar-refractivity contribution in [1.29, 1.82) is 0 Å². The fourth-order valence-corrected chi connectivity index (χ4v) is 3.93. The summed E-state index contributed by atoms with van der Waals surface area (Å²) in [6, 6.07) is 3.47. The van der Waals surface area contributed by atoms with E-state index in [-0.39, 0.29) is 23.0 Å². The molecule has 14 heteroatoms. The molecule has 0 bridgehead atoms. The van der Waals surface area contributed by atoms with Gasteiger partial charge in [0.1, 0.15) is 0 Å². The molecule has 2 rings (SSSR count). The third kappa shape index (κ3) is 5.27. The summed E-state index contributed by atoms with van der Waals surface area (Å²) in [6.45, 7) is 1.99. The van der Waals surface area contributed by atoms with Crippen LogP contribution >= 0.6 is 11.6 Å². The summed E-state index contributed by atoms with van der Waals surface area (Å²) in [5.74, 6) is -2.76. The minimum Gasteiger partial charge on any atom is -0.475 e. The maximum Gasteiger partial charge on any atom is 0.490 e. The molecule has 1 aromatic carbocycles. The van der Waals surface area contributed by atoms with E-state index in [1.165, 1.54) is 6.07 Å². The van der Waals surface area contributed by atoms with E-state index in [0.717, 1.165) is 16.4 Å². The highest BCUT2D eigenvalue weighted by molar-refractivity contribution is 7.89. The number of hydrogen-bond acceptors (Lipinski definition) is 6. The number of carboxylic acids is 1. The fourth-order valence-electron chi connectivity index (χ4n) is 1.92. The second-order valence-corrected chi connectivity index (χ2v) is 7.94. The number of nitrogens with zero attached hydrogens (tertiary/aromatic N) is 2. The predicted octanol–water partition coefficient (Wildman–Crippen LogP) is 1.60. The van der Waals surface area contributed by atoms with Crippen LogP contribution in [0.4, 0.5) is 18.9 Å². The number of nitro benzene ring substituents is 1. The van der Waals surface area contributed by atoms with Gasteiger partial charge >= 0.3 is 12.1 Å². The van der Waals surface area contributed by atoms with Crippen molar-refractivity contribution >= 4 is 33.3 Å². The van der Waals surface area contributed by atoms with Crippen molar-refractivity contribution in [2.45, 2.75) is 23.5 Å². The zero-order chi connectivity index (χ0) is 20.5. The third-order valence-electron chi connectivity index (χ3n) is 3.05. The lowest BCUT2D eigenvalue weighted by atomic mass is 9.97. The van der Waals surface area contributed by atoms with Gasteiger partial charge < -0.3 is 10.8 Å². The van der Waals surface area contributed by atoms with E-state index < -0.39 is 38.3 Å². The minimum atomic E-state index is -5.08. The number of nitro groups is 1. The quantitative estimate of drug-likeness (QED) is 0.559. The smallest absolute Gasteiger partial charge is 0.475 e. The summed E-state index contributed by atoms with van der Waals surface area (Å²) in [7, 11) is -3.91. The highest BCUT2D eigenvalue weighted by atomic mass is 35.5. The molecule has 146 valence electrons. The Balaban J connectivity index is 0.000000412. The number of aliphatic carboxylic acids is 1. The lowest BCUT2D eigenvalue weighted by Gasteiger charge is -2.43. The van der Waals surface area contributed by atoms with Crippen molar-refractivity contribution in [2.75, 3.05) is 13.1 Å². The van der Waals surface area contributed by atoms with Crippen LogP contribution in [-0.2, 0) is 14.8 Å². The largest absolute Gasteiger partial charge is 0.490 e. The molecule has 1 saturated heterocycles. The van der Waals surface area contributed by atoms with Crippen molar-refractivity contribution in [2.24, 2.45) is 5.73 Å². The van der Waals surface area contributed by atoms with Crippen molar-refractivity contribution in [3.8, 4) is 0 Å². The second-order valence-electron chi connectivity index (χ2n) is 5.60. The van der Waals surface area contributed by atoms with Crippen LogP contribution in [0.25, 0.3) is 0 Å². The topological polar surface area (TPSA) is 144 Å². The van der Waals surface area contributed by atoms with Gasteiger partial charge in [-0.2, -0.15) is 17.5 Å². The maximum atomic E-state index is 12.3. The molecule has 26 heavy (non-hydrogen) atoms. The minimum absolute atomic E-state index is 0.109. The first-order valence-corrected chi connectivity index (χ1v) is 8.43. The highest BCUT2D eigenvalue weighted by Crippen LogP contribution is 2.33. The number of carboxylic acid groups (broad SMARTS) is 1. The maximum absolute atomic E-state index is 12.3. The second kappa shape index (κ2) is 7.34. The van der Waals surface area contributed by atoms with Gasteiger partial charge in [-0.05, 0) is 19.1 Å². The summed E-state index contributed by atoms with van der Waals surface area (Å²) >= 11 is 5.65. The summed E-state index contributed by atoms with van der Waals surface area (Å²) in [5.41, 5.74) is 4.63. The average molecular weight is 420 g/mol. The van der Waals surface area contributed by atoms with Crippen LogP contribution in [0.1, 0.15) is 6.92 Å². The molecule has 0 aliphatic carbocycles. The van der Waals surface area contributed by atoms with Crippen LogP contribution in [0.3, 0.4) is 0 Å². The first-order chi connectivity index (χ1) is 11.6. The van der Waals surface area contributed by atoms with Gasteiger partial charge in [0.2, 0.25) is 10.0 Å². The van der Waals surface area contributed by atoms with Crippen LogP contribution in [0.15, 0.2) is 23.1 Å². The van der Waals surface area contributed by atoms with Gasteiger partial charge in [0.15, 0.2) is 4.90 Å². The standard InChI is InChI=1S/C10H12ClN3O4S.C2HF3O2/c1-10(12)5-13(6-10)19(17,18)9-3-2-7(11)4-8(9)14(15)16;3-2(4,5)1(6)7/h2-4H,5-6,12H2,1H3;(H,6,7). The number of hydrogen-bond donors (Lipinski definition) is 2. The lowest BCUT2D eigenvalue weighted by molar-refractivity contribution is -0.387. The molecule has 0 unspecified atom stereocenters. The number of carbonyl (C=O) groups is 1. The van der Waals surface area contributed by atoms with E-state index >= 15 is 0 Å². The van der Waals surface area contributed by atoms with Crippen molar-refractivity contribution in [3.63, 3.8) is 0 Å². The SMILES string of the molecule is CC1(N)CN(S(=O)(=O)c2ccc(Cl)cc2[N+](=O)[O-])C1.O=C(O)C(F)(F)F. The Hall–Kier alpha value is -1.96. The van der Waals surface area contributed by atoms with Crippen LogP contribution in [0.2, 0.25) is 5.02 Å². The molecule has 1 aromatic rings. The number of nitrogens with two attached hydrogens (primary N) is 1. The molecule has 0 atom stereocenters. The molecule has 0 saturated carbocycles. The first-order valence-electron chi connectivity index (χ1n) is 6.61. The van der Waals surface area contributed by atoms with Gasteiger partial charge in [0, 0.05) is 29.7 Å². The molecule has 1 aliphatic rings. The Labute approximate surface area is 150 Å². The molecule has 1 aliphatic heterocycles. The molecule has 1 heterocycles.